The molecule has 3 heterocycles. The summed E-state index contributed by atoms with van der Waals surface area (Å²) in [6.07, 6.45) is -4.75. The van der Waals surface area contributed by atoms with Gasteiger partial charge in [0.15, 0.2) is 0 Å². The van der Waals surface area contributed by atoms with Crippen molar-refractivity contribution < 1.29 is 27.1 Å². The summed E-state index contributed by atoms with van der Waals surface area (Å²) in [5.74, 6) is -0.211. The standard InChI is InChI=1S/C28H31B3F4N4O3S/c1-13-9-37(10-14(2)38(13)26(40)21(29)24(30)31)25-18-8-19(28(33,34)35)20(15-4-6-16(32)7-5-15)23-22(18)39(27(41)36-25)17(11-42-3)12-43-23/h4-8,13-14,17H,9-12,29-31H2,1-3H3/t13-,14+,17-/m0/s1. The van der Waals surface area contributed by atoms with Gasteiger partial charge in [-0.1, -0.05) is 12.1 Å². The zero-order valence-corrected chi connectivity index (χ0v) is 25.7. The van der Waals surface area contributed by atoms with Crippen LogP contribution in [0.15, 0.2) is 50.9 Å². The Labute approximate surface area is 253 Å². The molecule has 1 saturated heterocycles. The highest BCUT2D eigenvalue weighted by Crippen LogP contribution is 2.50. The van der Waals surface area contributed by atoms with Gasteiger partial charge in [-0.05, 0) is 43.1 Å². The summed E-state index contributed by atoms with van der Waals surface area (Å²) < 4.78 is 64.9. The third-order valence-electron chi connectivity index (χ3n) is 8.25. The molecule has 5 rings (SSSR count). The molecule has 1 amide bonds. The molecule has 0 N–H and O–H groups in total. The molecule has 3 aromatic rings. The highest BCUT2D eigenvalue weighted by Gasteiger charge is 2.40. The van der Waals surface area contributed by atoms with Gasteiger partial charge in [0.2, 0.25) is 5.91 Å². The lowest BCUT2D eigenvalue weighted by atomic mass is 9.69. The van der Waals surface area contributed by atoms with E-state index in [0.717, 1.165) is 23.6 Å². The molecule has 2 aliphatic heterocycles. The maximum Gasteiger partial charge on any atom is 0.417 e. The maximum atomic E-state index is 14.8. The van der Waals surface area contributed by atoms with Crippen molar-refractivity contribution >= 4 is 57.9 Å². The largest absolute Gasteiger partial charge is 0.417 e. The first-order valence-corrected chi connectivity index (χ1v) is 15.0. The zero-order valence-electron chi connectivity index (χ0n) is 24.9. The molecule has 1 fully saturated rings. The molecule has 7 nitrogen and oxygen atoms in total. The monoisotopic (exact) mass is 612 g/mol. The van der Waals surface area contributed by atoms with Gasteiger partial charge in [0.1, 0.15) is 35.2 Å². The SMILES string of the molecule is BC(B)=C(B)C(=O)N1[C@H](C)CN(c2nc(=O)n3c4c(c(-c5ccc(F)cc5)c(C(F)(F)F)cc24)SC[C@@H]3COC)C[C@@H]1C. The number of methoxy groups -OCH3 is 1. The van der Waals surface area contributed by atoms with Gasteiger partial charge in [0.05, 0.1) is 23.7 Å². The Morgan fingerprint density at radius 1 is 1.12 bits per heavy atom. The maximum absolute atomic E-state index is 14.8. The van der Waals surface area contributed by atoms with Crippen LogP contribution in [0.2, 0.25) is 0 Å². The number of aromatic nitrogens is 2. The number of amides is 1. The second kappa shape index (κ2) is 11.7. The lowest BCUT2D eigenvalue weighted by molar-refractivity contribution is -0.137. The van der Waals surface area contributed by atoms with Crippen molar-refractivity contribution in [2.24, 2.45) is 0 Å². The first kappa shape index (κ1) is 31.2. The van der Waals surface area contributed by atoms with Crippen molar-refractivity contribution in [3.8, 4) is 11.1 Å². The van der Waals surface area contributed by atoms with Gasteiger partial charge < -0.3 is 14.5 Å². The zero-order chi connectivity index (χ0) is 31.4. The van der Waals surface area contributed by atoms with Crippen molar-refractivity contribution in [3.05, 3.63) is 63.0 Å². The van der Waals surface area contributed by atoms with Crippen LogP contribution in [0.4, 0.5) is 23.4 Å². The van der Waals surface area contributed by atoms with Crippen LogP contribution in [0.5, 0.6) is 0 Å². The molecule has 0 radical (unpaired) electrons. The number of rotatable bonds is 5. The van der Waals surface area contributed by atoms with E-state index in [9.17, 15) is 27.2 Å². The number of nitrogens with zero attached hydrogens (tertiary/aromatic N) is 4. The smallest absolute Gasteiger partial charge is 0.383 e. The van der Waals surface area contributed by atoms with E-state index in [2.05, 4.69) is 4.98 Å². The summed E-state index contributed by atoms with van der Waals surface area (Å²) in [7, 11) is 7.03. The summed E-state index contributed by atoms with van der Waals surface area (Å²) in [5, 5.41) is 1.10. The Hall–Kier alpha value is -3.19. The first-order chi connectivity index (χ1) is 20.2. The fourth-order valence-corrected chi connectivity index (χ4v) is 7.40. The number of alkyl halides is 3. The average Bonchev–Trinajstić information content (AvgIpc) is 2.94. The fraction of sp³-hybridized carbons (Fsp3) is 0.393. The Bertz CT molecular complexity index is 1670. The molecule has 0 spiro atoms. The number of ether oxygens (including phenoxy) is 1. The number of hydrogen-bond acceptors (Lipinski definition) is 6. The lowest BCUT2D eigenvalue weighted by Crippen LogP contribution is -2.59. The quantitative estimate of drug-likeness (QED) is 0.250. The molecule has 2 aliphatic rings. The molecule has 224 valence electrons. The first-order valence-electron chi connectivity index (χ1n) is 14.0. The number of hydrogen-bond donors (Lipinski definition) is 0. The molecular weight excluding hydrogens is 581 g/mol. The van der Waals surface area contributed by atoms with E-state index < -0.39 is 29.3 Å². The normalized spacial score (nSPS) is 20.4. The molecule has 15 heteroatoms. The second-order valence-electron chi connectivity index (χ2n) is 11.5. The molecule has 1 aromatic heterocycles. The van der Waals surface area contributed by atoms with Crippen LogP contribution in [0.25, 0.3) is 22.0 Å². The highest BCUT2D eigenvalue weighted by molar-refractivity contribution is 7.99. The van der Waals surface area contributed by atoms with Gasteiger partial charge in [-0.25, -0.2) is 9.18 Å². The number of piperazine rings is 1. The van der Waals surface area contributed by atoms with E-state index in [1.807, 2.05) is 34.4 Å². The van der Waals surface area contributed by atoms with Crippen molar-refractivity contribution in [1.82, 2.24) is 14.5 Å². The van der Waals surface area contributed by atoms with Crippen LogP contribution >= 0.6 is 11.8 Å². The Kier molecular flexibility index (Phi) is 8.52. The van der Waals surface area contributed by atoms with Crippen LogP contribution in [0.3, 0.4) is 0 Å². The van der Waals surface area contributed by atoms with Gasteiger partial charge >= 0.3 is 11.9 Å². The van der Waals surface area contributed by atoms with E-state index >= 15 is 0 Å². The lowest BCUT2D eigenvalue weighted by Gasteiger charge is -2.45. The van der Waals surface area contributed by atoms with Crippen molar-refractivity contribution in [3.63, 3.8) is 0 Å². The summed E-state index contributed by atoms with van der Waals surface area (Å²) >= 11 is 1.22. The van der Waals surface area contributed by atoms with Crippen LogP contribution in [-0.2, 0) is 15.7 Å². The predicted octanol–water partition coefficient (Wildman–Crippen LogP) is 2.01. The van der Waals surface area contributed by atoms with Crippen molar-refractivity contribution in [2.75, 3.05) is 37.5 Å². The third kappa shape index (κ3) is 5.61. The highest BCUT2D eigenvalue weighted by atomic mass is 32.2. The molecule has 43 heavy (non-hydrogen) atoms. The summed E-state index contributed by atoms with van der Waals surface area (Å²) in [4.78, 5) is 35.2. The van der Waals surface area contributed by atoms with Gasteiger partial charge in [0, 0.05) is 53.9 Å². The Balaban J connectivity index is 1.75. The van der Waals surface area contributed by atoms with Gasteiger partial charge in [-0.2, -0.15) is 18.2 Å². The fourth-order valence-electron chi connectivity index (χ4n) is 6.08. The molecular formula is C28H31B3F4N4O3S. The molecule has 0 unspecified atom stereocenters. The molecule has 0 bridgehead atoms. The second-order valence-corrected chi connectivity index (χ2v) is 12.5. The third-order valence-corrected chi connectivity index (χ3v) is 9.49. The van der Waals surface area contributed by atoms with E-state index in [0.29, 0.717) is 21.6 Å². The minimum atomic E-state index is -4.75. The van der Waals surface area contributed by atoms with Crippen molar-refractivity contribution in [1.29, 1.82) is 0 Å². The van der Waals surface area contributed by atoms with E-state index in [-0.39, 0.29) is 60.0 Å². The summed E-state index contributed by atoms with van der Waals surface area (Å²) in [6, 6.07) is 4.91. The minimum absolute atomic E-state index is 0.0910. The predicted molar refractivity (Wildman–Crippen MR) is 169 cm³/mol. The van der Waals surface area contributed by atoms with Gasteiger partial charge in [0.25, 0.3) is 0 Å². The Morgan fingerprint density at radius 2 is 1.74 bits per heavy atom. The van der Waals surface area contributed by atoms with Crippen LogP contribution in [-0.4, -0.2) is 88.5 Å². The van der Waals surface area contributed by atoms with Crippen molar-refractivity contribution in [2.45, 2.75) is 43.0 Å². The van der Waals surface area contributed by atoms with Crippen LogP contribution < -0.4 is 10.6 Å². The number of thioether (sulfide) groups is 1. The molecule has 0 aliphatic carbocycles. The number of carbonyl (C=O) groups is 1. The summed E-state index contributed by atoms with van der Waals surface area (Å²) in [6.45, 7) is 4.50. The van der Waals surface area contributed by atoms with Gasteiger partial charge in [-0.3, -0.25) is 9.36 Å². The van der Waals surface area contributed by atoms with Crippen LogP contribution in [0, 0.1) is 5.82 Å². The average molecular weight is 612 g/mol. The topological polar surface area (TPSA) is 67.7 Å². The number of carbonyl (C=O) groups excluding carboxylic acids is 1. The minimum Gasteiger partial charge on any atom is -0.383 e. The number of benzene rings is 2. The Morgan fingerprint density at radius 3 is 2.30 bits per heavy atom. The number of anilines is 1. The molecule has 0 saturated carbocycles. The molecule has 3 atom stereocenters. The summed E-state index contributed by atoms with van der Waals surface area (Å²) in [5.41, 5.74) is -0.378. The van der Waals surface area contributed by atoms with Gasteiger partial charge in [-0.15, -0.1) is 17.1 Å². The van der Waals surface area contributed by atoms with E-state index in [1.54, 1.807) is 12.7 Å². The van der Waals surface area contributed by atoms with Crippen LogP contribution in [0.1, 0.15) is 25.5 Å². The van der Waals surface area contributed by atoms with E-state index in [1.165, 1.54) is 35.6 Å². The number of halogens is 4. The molecule has 2 aromatic carbocycles. The van der Waals surface area contributed by atoms with E-state index in [4.69, 9.17) is 4.74 Å².